The van der Waals surface area contributed by atoms with Crippen LogP contribution in [0.4, 0.5) is 24.8 Å². The smallest absolute Gasteiger partial charge is 0.405 e. The quantitative estimate of drug-likeness (QED) is 0.734. The van der Waals surface area contributed by atoms with Crippen molar-refractivity contribution >= 4 is 17.5 Å². The number of carbonyl (C=O) groups excluding carboxylic acids is 1. The maximum atomic E-state index is 12.8. The van der Waals surface area contributed by atoms with Gasteiger partial charge in [-0.2, -0.15) is 0 Å². The molecule has 1 aromatic carbocycles. The number of nitrogens with zero attached hydrogens (tertiary/aromatic N) is 5. The van der Waals surface area contributed by atoms with Crippen LogP contribution in [-0.2, 0) is 0 Å². The van der Waals surface area contributed by atoms with Crippen LogP contribution in [0.1, 0.15) is 29.6 Å². The number of aromatic nitrogens is 2. The number of piperazine rings is 1. The number of hydrogen-bond acceptors (Lipinski definition) is 6. The van der Waals surface area contributed by atoms with E-state index in [-0.39, 0.29) is 5.56 Å². The minimum absolute atomic E-state index is 0.0947. The summed E-state index contributed by atoms with van der Waals surface area (Å²) in [4.78, 5) is 27.5. The van der Waals surface area contributed by atoms with Gasteiger partial charge in [0.2, 0.25) is 0 Å². The highest BCUT2D eigenvalue weighted by Gasteiger charge is 2.34. The van der Waals surface area contributed by atoms with Crippen molar-refractivity contribution in [1.29, 1.82) is 0 Å². The highest BCUT2D eigenvalue weighted by Crippen LogP contribution is 2.28. The number of amides is 1. The summed E-state index contributed by atoms with van der Waals surface area (Å²) in [5, 5.41) is 0. The Balaban J connectivity index is 1.41. The SMILES string of the molecule is O=C(c1ccccc1OC(F)(F)F)N1CCN(c2cc(N3CCCCC3)ncn2)CC1. The Hall–Kier alpha value is -3.04. The number of hydrogen-bond donors (Lipinski definition) is 0. The molecule has 1 amide bonds. The molecule has 1 aromatic heterocycles. The minimum atomic E-state index is -4.85. The van der Waals surface area contributed by atoms with Gasteiger partial charge in [-0.1, -0.05) is 12.1 Å². The van der Waals surface area contributed by atoms with Gasteiger partial charge in [-0.05, 0) is 31.4 Å². The van der Waals surface area contributed by atoms with Crippen LogP contribution in [0.15, 0.2) is 36.7 Å². The predicted molar refractivity (Wildman–Crippen MR) is 109 cm³/mol. The van der Waals surface area contributed by atoms with Gasteiger partial charge in [0, 0.05) is 45.3 Å². The van der Waals surface area contributed by atoms with Crippen molar-refractivity contribution in [1.82, 2.24) is 14.9 Å². The molecule has 2 aromatic rings. The van der Waals surface area contributed by atoms with Gasteiger partial charge in [0.1, 0.15) is 23.7 Å². The number of rotatable bonds is 4. The average molecular weight is 435 g/mol. The summed E-state index contributed by atoms with van der Waals surface area (Å²) in [5.74, 6) is 0.741. The van der Waals surface area contributed by atoms with Crippen molar-refractivity contribution < 1.29 is 22.7 Å². The largest absolute Gasteiger partial charge is 0.573 e. The minimum Gasteiger partial charge on any atom is -0.405 e. The first-order valence-corrected chi connectivity index (χ1v) is 10.4. The lowest BCUT2D eigenvalue weighted by atomic mass is 10.1. The van der Waals surface area contributed by atoms with E-state index >= 15 is 0 Å². The monoisotopic (exact) mass is 435 g/mol. The topological polar surface area (TPSA) is 61.8 Å². The molecule has 2 aliphatic heterocycles. The van der Waals surface area contributed by atoms with E-state index in [1.165, 1.54) is 24.6 Å². The van der Waals surface area contributed by atoms with Crippen LogP contribution in [-0.4, -0.2) is 66.4 Å². The molecule has 0 radical (unpaired) electrons. The zero-order chi connectivity index (χ0) is 21.8. The third-order valence-corrected chi connectivity index (χ3v) is 5.55. The number of anilines is 2. The molecule has 10 heteroatoms. The molecular weight excluding hydrogens is 411 g/mol. The van der Waals surface area contributed by atoms with Crippen LogP contribution < -0.4 is 14.5 Å². The molecule has 4 rings (SSSR count). The molecule has 0 atom stereocenters. The normalized spacial score (nSPS) is 17.6. The molecule has 2 fully saturated rings. The molecule has 0 spiro atoms. The number of para-hydroxylation sites is 1. The summed E-state index contributed by atoms with van der Waals surface area (Å²) < 4.78 is 42.0. The van der Waals surface area contributed by atoms with Crippen LogP contribution in [0, 0.1) is 0 Å². The molecule has 166 valence electrons. The maximum Gasteiger partial charge on any atom is 0.573 e. The third-order valence-electron chi connectivity index (χ3n) is 5.55. The lowest BCUT2D eigenvalue weighted by Gasteiger charge is -2.36. The fourth-order valence-corrected chi connectivity index (χ4v) is 3.97. The van der Waals surface area contributed by atoms with Crippen LogP contribution in [0.25, 0.3) is 0 Å². The van der Waals surface area contributed by atoms with Crippen molar-refractivity contribution in [3.05, 3.63) is 42.2 Å². The van der Waals surface area contributed by atoms with Gasteiger partial charge in [0.25, 0.3) is 5.91 Å². The van der Waals surface area contributed by atoms with Crippen molar-refractivity contribution in [3.8, 4) is 5.75 Å². The van der Waals surface area contributed by atoms with Crippen LogP contribution >= 0.6 is 0 Å². The summed E-state index contributed by atoms with van der Waals surface area (Å²) in [6.07, 6.45) is 0.247. The lowest BCUT2D eigenvalue weighted by molar-refractivity contribution is -0.274. The summed E-state index contributed by atoms with van der Waals surface area (Å²) in [6.45, 7) is 3.79. The Morgan fingerprint density at radius 1 is 0.871 bits per heavy atom. The number of carbonyl (C=O) groups is 1. The van der Waals surface area contributed by atoms with Gasteiger partial charge >= 0.3 is 6.36 Å². The lowest BCUT2D eigenvalue weighted by Crippen LogP contribution is -2.49. The van der Waals surface area contributed by atoms with E-state index in [2.05, 4.69) is 24.5 Å². The van der Waals surface area contributed by atoms with Crippen molar-refractivity contribution in [2.24, 2.45) is 0 Å². The number of ether oxygens (including phenoxy) is 1. The summed E-state index contributed by atoms with van der Waals surface area (Å²) in [7, 11) is 0. The highest BCUT2D eigenvalue weighted by molar-refractivity contribution is 5.97. The van der Waals surface area contributed by atoms with Crippen LogP contribution in [0.5, 0.6) is 5.75 Å². The van der Waals surface area contributed by atoms with Gasteiger partial charge in [-0.3, -0.25) is 4.79 Å². The second-order valence-electron chi connectivity index (χ2n) is 7.61. The maximum absolute atomic E-state index is 12.8. The van der Waals surface area contributed by atoms with E-state index in [1.54, 1.807) is 11.2 Å². The molecule has 2 saturated heterocycles. The Morgan fingerprint density at radius 2 is 1.48 bits per heavy atom. The first-order valence-electron chi connectivity index (χ1n) is 10.4. The molecule has 0 saturated carbocycles. The highest BCUT2D eigenvalue weighted by atomic mass is 19.4. The summed E-state index contributed by atoms with van der Waals surface area (Å²) >= 11 is 0. The van der Waals surface area contributed by atoms with Gasteiger partial charge < -0.3 is 19.4 Å². The fourth-order valence-electron chi connectivity index (χ4n) is 3.97. The fraction of sp³-hybridized carbons (Fsp3) is 0.476. The molecule has 0 aliphatic carbocycles. The average Bonchev–Trinajstić information content (AvgIpc) is 2.79. The van der Waals surface area contributed by atoms with E-state index in [4.69, 9.17) is 0 Å². The second kappa shape index (κ2) is 8.99. The first-order chi connectivity index (χ1) is 14.9. The first kappa shape index (κ1) is 21.2. The summed E-state index contributed by atoms with van der Waals surface area (Å²) in [5.41, 5.74) is -0.0947. The van der Waals surface area contributed by atoms with Crippen molar-refractivity contribution in [3.63, 3.8) is 0 Å². The van der Waals surface area contributed by atoms with E-state index < -0.39 is 18.0 Å². The van der Waals surface area contributed by atoms with E-state index in [0.29, 0.717) is 26.2 Å². The second-order valence-corrected chi connectivity index (χ2v) is 7.61. The van der Waals surface area contributed by atoms with E-state index in [9.17, 15) is 18.0 Å². The van der Waals surface area contributed by atoms with Crippen LogP contribution in [0.2, 0.25) is 0 Å². The van der Waals surface area contributed by atoms with Crippen molar-refractivity contribution in [2.75, 3.05) is 49.1 Å². The Kier molecular flexibility index (Phi) is 6.15. The Labute approximate surface area is 178 Å². The number of alkyl halides is 3. The molecule has 3 heterocycles. The Bertz CT molecular complexity index is 910. The van der Waals surface area contributed by atoms with Gasteiger partial charge in [0.15, 0.2) is 0 Å². The summed E-state index contributed by atoms with van der Waals surface area (Å²) in [6, 6.07) is 7.40. The molecule has 2 aliphatic rings. The molecule has 31 heavy (non-hydrogen) atoms. The van der Waals surface area contributed by atoms with E-state index in [1.807, 2.05) is 6.07 Å². The molecule has 0 N–H and O–H groups in total. The number of benzene rings is 1. The van der Waals surface area contributed by atoms with Gasteiger partial charge in [0.05, 0.1) is 5.56 Å². The van der Waals surface area contributed by atoms with Crippen LogP contribution in [0.3, 0.4) is 0 Å². The molecule has 0 bridgehead atoms. The molecule has 7 nitrogen and oxygen atoms in total. The zero-order valence-electron chi connectivity index (χ0n) is 17.0. The van der Waals surface area contributed by atoms with Gasteiger partial charge in [-0.15, -0.1) is 13.2 Å². The molecular formula is C21H24F3N5O2. The van der Waals surface area contributed by atoms with E-state index in [0.717, 1.165) is 43.6 Å². The molecule has 0 unspecified atom stereocenters. The number of halogens is 3. The zero-order valence-corrected chi connectivity index (χ0v) is 17.0. The standard InChI is InChI=1S/C21H24F3N5O2/c22-21(23,24)31-17-7-3-2-6-16(17)20(30)29-12-10-28(11-13-29)19-14-18(25-15-26-19)27-8-4-1-5-9-27/h2-3,6-7,14-15H,1,4-5,8-13H2. The Morgan fingerprint density at radius 3 is 2.13 bits per heavy atom. The number of piperidine rings is 1. The van der Waals surface area contributed by atoms with Gasteiger partial charge in [-0.25, -0.2) is 9.97 Å². The third kappa shape index (κ3) is 5.18. The van der Waals surface area contributed by atoms with Crippen molar-refractivity contribution in [2.45, 2.75) is 25.6 Å². The predicted octanol–water partition coefficient (Wildman–Crippen LogP) is 3.33.